The molecule has 0 aromatic rings. The van der Waals surface area contributed by atoms with Crippen LogP contribution in [0.1, 0.15) is 34.1 Å². The summed E-state index contributed by atoms with van der Waals surface area (Å²) in [5.74, 6) is -3.03. The van der Waals surface area contributed by atoms with E-state index in [1.165, 1.54) is 0 Å². The van der Waals surface area contributed by atoms with E-state index < -0.39 is 17.5 Å². The van der Waals surface area contributed by atoms with Gasteiger partial charge in [0.1, 0.15) is 5.60 Å². The van der Waals surface area contributed by atoms with Crippen LogP contribution in [0.25, 0.3) is 0 Å². The Balaban J connectivity index is 0.000000626. The number of rotatable bonds is 1. The summed E-state index contributed by atoms with van der Waals surface area (Å²) in [6.45, 7) is 9.45. The van der Waals surface area contributed by atoms with Crippen LogP contribution in [-0.2, 0) is 14.3 Å². The minimum absolute atomic E-state index is 0.195. The number of likely N-dealkylation sites (N-methyl/N-ethyl adjacent to an activating group) is 1. The first-order valence-electron chi connectivity index (χ1n) is 7.09. The molecule has 0 radical (unpaired) electrons. The van der Waals surface area contributed by atoms with Gasteiger partial charge in [-0.05, 0) is 40.2 Å². The molecular formula is C14H26N2O6. The second kappa shape index (κ2) is 8.57. The second-order valence-electron chi connectivity index (χ2n) is 6.20. The molecule has 22 heavy (non-hydrogen) atoms. The molecule has 8 heteroatoms. The van der Waals surface area contributed by atoms with Crippen molar-refractivity contribution in [3.05, 3.63) is 0 Å². The number of piperidine rings is 1. The molecule has 0 aromatic carbocycles. The monoisotopic (exact) mass is 318 g/mol. The molecule has 0 aromatic heterocycles. The molecule has 1 heterocycles. The Bertz CT molecular complexity index is 393. The highest BCUT2D eigenvalue weighted by atomic mass is 16.6. The van der Waals surface area contributed by atoms with Crippen LogP contribution in [0.2, 0.25) is 0 Å². The lowest BCUT2D eigenvalue weighted by Gasteiger charge is -2.37. The van der Waals surface area contributed by atoms with Crippen molar-refractivity contribution in [2.24, 2.45) is 5.92 Å². The van der Waals surface area contributed by atoms with E-state index in [-0.39, 0.29) is 6.09 Å². The Hall–Kier alpha value is -1.83. The van der Waals surface area contributed by atoms with Crippen molar-refractivity contribution in [3.8, 4) is 0 Å². The number of nitrogens with zero attached hydrogens (tertiary/aromatic N) is 1. The summed E-state index contributed by atoms with van der Waals surface area (Å²) in [6, 6.07) is 0.376. The summed E-state index contributed by atoms with van der Waals surface area (Å²) < 4.78 is 5.36. The van der Waals surface area contributed by atoms with Crippen LogP contribution in [0.3, 0.4) is 0 Å². The van der Waals surface area contributed by atoms with Crippen LogP contribution in [0.4, 0.5) is 4.79 Å². The van der Waals surface area contributed by atoms with E-state index in [0.29, 0.717) is 12.0 Å². The van der Waals surface area contributed by atoms with Crippen LogP contribution in [0.5, 0.6) is 0 Å². The summed E-state index contributed by atoms with van der Waals surface area (Å²) in [5.41, 5.74) is -0.407. The average molecular weight is 318 g/mol. The van der Waals surface area contributed by atoms with E-state index in [1.54, 1.807) is 4.90 Å². The summed E-state index contributed by atoms with van der Waals surface area (Å²) in [5, 5.41) is 18.0. The Morgan fingerprint density at radius 2 is 1.68 bits per heavy atom. The number of amides is 1. The Labute approximate surface area is 130 Å². The lowest BCUT2D eigenvalue weighted by Crippen LogP contribution is -2.51. The molecular weight excluding hydrogens is 292 g/mol. The smallest absolute Gasteiger partial charge is 0.414 e. The van der Waals surface area contributed by atoms with Gasteiger partial charge in [-0.2, -0.15) is 0 Å². The first kappa shape index (κ1) is 20.2. The van der Waals surface area contributed by atoms with Crippen LogP contribution in [0, 0.1) is 5.92 Å². The molecule has 0 saturated carbocycles. The molecule has 8 nitrogen and oxygen atoms in total. The van der Waals surface area contributed by atoms with E-state index in [0.717, 1.165) is 19.5 Å². The first-order valence-corrected chi connectivity index (χ1v) is 7.09. The van der Waals surface area contributed by atoms with E-state index in [1.807, 2.05) is 27.8 Å². The molecule has 2 atom stereocenters. The lowest BCUT2D eigenvalue weighted by atomic mass is 9.94. The number of carbonyl (C=O) groups excluding carboxylic acids is 1. The predicted molar refractivity (Wildman–Crippen MR) is 79.7 cm³/mol. The van der Waals surface area contributed by atoms with E-state index in [2.05, 4.69) is 12.2 Å². The maximum atomic E-state index is 11.9. The molecule has 0 bridgehead atoms. The van der Waals surface area contributed by atoms with Crippen molar-refractivity contribution in [2.45, 2.75) is 45.8 Å². The van der Waals surface area contributed by atoms with Crippen molar-refractivity contribution < 1.29 is 29.3 Å². The highest BCUT2D eigenvalue weighted by Gasteiger charge is 2.30. The Kier molecular flexibility index (Phi) is 7.86. The third-order valence-corrected chi connectivity index (χ3v) is 3.16. The molecule has 0 unspecified atom stereocenters. The Morgan fingerprint density at radius 1 is 1.18 bits per heavy atom. The number of likely N-dealkylation sites (tertiary alicyclic amines) is 1. The SMILES string of the molecule is CN[C@@H]1CN(C(=O)OC(C)(C)C)CC[C@@H]1C.O=C(O)C(=O)O. The van der Waals surface area contributed by atoms with Crippen molar-refractivity contribution in [1.82, 2.24) is 10.2 Å². The zero-order valence-electron chi connectivity index (χ0n) is 13.8. The van der Waals surface area contributed by atoms with Crippen molar-refractivity contribution in [1.29, 1.82) is 0 Å². The van der Waals surface area contributed by atoms with Crippen LogP contribution >= 0.6 is 0 Å². The summed E-state index contributed by atoms with van der Waals surface area (Å²) in [4.78, 5) is 31.9. The van der Waals surface area contributed by atoms with E-state index >= 15 is 0 Å². The molecule has 1 rings (SSSR count). The van der Waals surface area contributed by atoms with Crippen molar-refractivity contribution in [2.75, 3.05) is 20.1 Å². The summed E-state index contributed by atoms with van der Waals surface area (Å²) in [6.07, 6.45) is 0.838. The number of carboxylic acids is 2. The first-order chi connectivity index (χ1) is 9.97. The molecule has 0 spiro atoms. The molecule has 3 N–H and O–H groups in total. The van der Waals surface area contributed by atoms with Gasteiger partial charge >= 0.3 is 18.0 Å². The van der Waals surface area contributed by atoms with Crippen LogP contribution in [-0.4, -0.2) is 64.9 Å². The van der Waals surface area contributed by atoms with Crippen molar-refractivity contribution >= 4 is 18.0 Å². The Morgan fingerprint density at radius 3 is 2.05 bits per heavy atom. The standard InChI is InChI=1S/C12H24N2O2.C2H2O4/c1-9-6-7-14(8-10(9)13-5)11(15)16-12(2,3)4;3-1(4)2(5)6/h9-10,13H,6-8H2,1-5H3;(H,3,4)(H,5,6)/t9-,10+;/m0./s1. The number of hydrogen-bond donors (Lipinski definition) is 3. The minimum Gasteiger partial charge on any atom is -0.473 e. The molecule has 1 fully saturated rings. The average Bonchev–Trinajstić information content (AvgIpc) is 2.37. The normalized spacial score (nSPS) is 21.4. The van der Waals surface area contributed by atoms with Crippen LogP contribution < -0.4 is 5.32 Å². The maximum Gasteiger partial charge on any atom is 0.414 e. The number of hydrogen-bond acceptors (Lipinski definition) is 5. The van der Waals surface area contributed by atoms with Gasteiger partial charge in [-0.3, -0.25) is 0 Å². The molecule has 1 aliphatic heterocycles. The third-order valence-electron chi connectivity index (χ3n) is 3.16. The van der Waals surface area contributed by atoms with Gasteiger partial charge in [0.25, 0.3) is 0 Å². The minimum atomic E-state index is -1.82. The van der Waals surface area contributed by atoms with Gasteiger partial charge in [0, 0.05) is 19.1 Å². The largest absolute Gasteiger partial charge is 0.473 e. The predicted octanol–water partition coefficient (Wildman–Crippen LogP) is 1.01. The number of ether oxygens (including phenoxy) is 1. The maximum absolute atomic E-state index is 11.9. The topological polar surface area (TPSA) is 116 Å². The van der Waals surface area contributed by atoms with Gasteiger partial charge in [-0.1, -0.05) is 6.92 Å². The summed E-state index contributed by atoms with van der Waals surface area (Å²) >= 11 is 0. The third kappa shape index (κ3) is 7.82. The van der Waals surface area contributed by atoms with Crippen LogP contribution in [0.15, 0.2) is 0 Å². The highest BCUT2D eigenvalue weighted by Crippen LogP contribution is 2.19. The molecule has 1 saturated heterocycles. The summed E-state index contributed by atoms with van der Waals surface area (Å²) in [7, 11) is 1.94. The second-order valence-corrected chi connectivity index (χ2v) is 6.20. The zero-order chi connectivity index (χ0) is 17.5. The fraction of sp³-hybridized carbons (Fsp3) is 0.786. The molecule has 1 amide bonds. The van der Waals surface area contributed by atoms with Gasteiger partial charge < -0.3 is 25.2 Å². The molecule has 1 aliphatic rings. The number of aliphatic carboxylic acids is 2. The molecule has 128 valence electrons. The van der Waals surface area contributed by atoms with E-state index in [9.17, 15) is 4.79 Å². The fourth-order valence-electron chi connectivity index (χ4n) is 1.94. The van der Waals surface area contributed by atoms with Gasteiger partial charge in [-0.25, -0.2) is 14.4 Å². The van der Waals surface area contributed by atoms with Gasteiger partial charge in [0.15, 0.2) is 0 Å². The van der Waals surface area contributed by atoms with Crippen molar-refractivity contribution in [3.63, 3.8) is 0 Å². The van der Waals surface area contributed by atoms with Gasteiger partial charge in [-0.15, -0.1) is 0 Å². The number of carbonyl (C=O) groups is 3. The molecule has 0 aliphatic carbocycles. The fourth-order valence-corrected chi connectivity index (χ4v) is 1.94. The van der Waals surface area contributed by atoms with Gasteiger partial charge in [0.2, 0.25) is 0 Å². The quantitative estimate of drug-likeness (QED) is 0.618. The number of nitrogens with one attached hydrogen (secondary N) is 1. The zero-order valence-corrected chi connectivity index (χ0v) is 13.8. The highest BCUT2D eigenvalue weighted by molar-refractivity contribution is 6.27. The number of carboxylic acid groups (broad SMARTS) is 2. The van der Waals surface area contributed by atoms with E-state index in [4.69, 9.17) is 24.5 Å². The lowest BCUT2D eigenvalue weighted by molar-refractivity contribution is -0.159. The van der Waals surface area contributed by atoms with Gasteiger partial charge in [0.05, 0.1) is 0 Å².